The predicted octanol–water partition coefficient (Wildman–Crippen LogP) is 3.65. The van der Waals surface area contributed by atoms with E-state index in [1.54, 1.807) is 18.3 Å². The summed E-state index contributed by atoms with van der Waals surface area (Å²) in [7, 11) is -3.76. The van der Waals surface area contributed by atoms with Crippen molar-refractivity contribution in [3.8, 4) is 0 Å². The molecule has 0 saturated carbocycles. The van der Waals surface area contributed by atoms with Gasteiger partial charge in [-0.25, -0.2) is 12.8 Å². The number of halogens is 1. The van der Waals surface area contributed by atoms with E-state index in [2.05, 4.69) is 4.98 Å². The Hall–Kier alpha value is -2.57. The van der Waals surface area contributed by atoms with E-state index in [1.165, 1.54) is 16.4 Å². The molecule has 0 amide bonds. The maximum absolute atomic E-state index is 13.2. The second-order valence-electron chi connectivity index (χ2n) is 5.85. The van der Waals surface area contributed by atoms with Crippen molar-refractivity contribution in [2.24, 2.45) is 0 Å². The summed E-state index contributed by atoms with van der Waals surface area (Å²) in [5.74, 6) is -0.468. The lowest BCUT2D eigenvalue weighted by Gasteiger charge is -2.22. The van der Waals surface area contributed by atoms with Crippen LogP contribution < -0.4 is 0 Å². The van der Waals surface area contributed by atoms with Gasteiger partial charge in [0.15, 0.2) is 0 Å². The zero-order valence-corrected chi connectivity index (χ0v) is 14.9. The van der Waals surface area contributed by atoms with Gasteiger partial charge in [0.1, 0.15) is 5.82 Å². The van der Waals surface area contributed by atoms with E-state index in [0.29, 0.717) is 18.7 Å². The summed E-state index contributed by atoms with van der Waals surface area (Å²) in [6.45, 7) is 0.466. The van der Waals surface area contributed by atoms with Crippen LogP contribution in [0.3, 0.4) is 0 Å². The molecule has 0 aliphatic carbocycles. The van der Waals surface area contributed by atoms with Gasteiger partial charge in [0.2, 0.25) is 10.0 Å². The van der Waals surface area contributed by atoms with Crippen molar-refractivity contribution in [1.82, 2.24) is 9.29 Å². The Morgan fingerprint density at radius 3 is 2.23 bits per heavy atom. The van der Waals surface area contributed by atoms with Crippen molar-refractivity contribution in [3.05, 3.63) is 96.1 Å². The molecule has 1 aromatic heterocycles. The van der Waals surface area contributed by atoms with Gasteiger partial charge < -0.3 is 0 Å². The van der Waals surface area contributed by atoms with Gasteiger partial charge in [-0.05, 0) is 48.4 Å². The Bertz CT molecular complexity index is 931. The first-order valence-electron chi connectivity index (χ1n) is 8.25. The Morgan fingerprint density at radius 1 is 0.885 bits per heavy atom. The fraction of sp³-hybridized carbons (Fsp3) is 0.150. The molecule has 26 heavy (non-hydrogen) atoms. The highest BCUT2D eigenvalue weighted by Crippen LogP contribution is 2.19. The van der Waals surface area contributed by atoms with Gasteiger partial charge in [0, 0.05) is 12.7 Å². The van der Waals surface area contributed by atoms with Gasteiger partial charge in [-0.1, -0.05) is 36.4 Å². The molecule has 0 unspecified atom stereocenters. The molecule has 3 aromatic rings. The Labute approximate surface area is 153 Å². The van der Waals surface area contributed by atoms with E-state index < -0.39 is 15.8 Å². The zero-order chi connectivity index (χ0) is 18.4. The largest absolute Gasteiger partial charge is 0.260 e. The molecule has 134 valence electrons. The van der Waals surface area contributed by atoms with Crippen LogP contribution in [0.2, 0.25) is 0 Å². The predicted molar refractivity (Wildman–Crippen MR) is 98.4 cm³/mol. The summed E-state index contributed by atoms with van der Waals surface area (Å²) < 4.78 is 40.6. The molecule has 6 heteroatoms. The average Bonchev–Trinajstić information content (AvgIpc) is 2.67. The van der Waals surface area contributed by atoms with Gasteiger partial charge in [-0.2, -0.15) is 4.31 Å². The average molecular weight is 370 g/mol. The lowest BCUT2D eigenvalue weighted by molar-refractivity contribution is 0.405. The second-order valence-corrected chi connectivity index (χ2v) is 7.79. The van der Waals surface area contributed by atoms with Crippen molar-refractivity contribution in [2.75, 3.05) is 6.54 Å². The molecule has 0 bridgehead atoms. The minimum Gasteiger partial charge on any atom is -0.260 e. The van der Waals surface area contributed by atoms with Crippen molar-refractivity contribution in [1.29, 1.82) is 0 Å². The summed E-state index contributed by atoms with van der Waals surface area (Å²) >= 11 is 0. The third kappa shape index (κ3) is 4.53. The molecular formula is C20H19FN2O2S. The lowest BCUT2D eigenvalue weighted by atomic mass is 10.1. The van der Waals surface area contributed by atoms with E-state index in [1.807, 2.05) is 36.4 Å². The first kappa shape index (κ1) is 18.2. The highest BCUT2D eigenvalue weighted by molar-refractivity contribution is 7.89. The normalized spacial score (nSPS) is 11.6. The van der Waals surface area contributed by atoms with Crippen LogP contribution in [0.5, 0.6) is 0 Å². The molecule has 0 atom stereocenters. The molecule has 4 nitrogen and oxygen atoms in total. The third-order valence-corrected chi connectivity index (χ3v) is 5.87. The van der Waals surface area contributed by atoms with Crippen molar-refractivity contribution >= 4 is 10.0 Å². The molecule has 0 aliphatic heterocycles. The number of aromatic nitrogens is 1. The topological polar surface area (TPSA) is 50.3 Å². The monoisotopic (exact) mass is 370 g/mol. The molecule has 0 aliphatic rings. The third-order valence-electron chi connectivity index (χ3n) is 4.01. The molecule has 0 radical (unpaired) electrons. The summed E-state index contributed by atoms with van der Waals surface area (Å²) in [6.07, 6.45) is 2.21. The Morgan fingerprint density at radius 2 is 1.58 bits per heavy atom. The smallest absolute Gasteiger partial charge is 0.243 e. The summed E-state index contributed by atoms with van der Waals surface area (Å²) in [5, 5.41) is 0. The number of hydrogen-bond acceptors (Lipinski definition) is 3. The zero-order valence-electron chi connectivity index (χ0n) is 14.1. The van der Waals surface area contributed by atoms with E-state index >= 15 is 0 Å². The minimum absolute atomic E-state index is 0.0721. The van der Waals surface area contributed by atoms with Crippen LogP contribution in [0.15, 0.2) is 83.9 Å². The quantitative estimate of drug-likeness (QED) is 0.638. The molecule has 2 aromatic carbocycles. The molecule has 0 saturated heterocycles. The summed E-state index contributed by atoms with van der Waals surface area (Å²) in [4.78, 5) is 4.30. The number of rotatable bonds is 7. The van der Waals surface area contributed by atoms with Gasteiger partial charge in [0.05, 0.1) is 17.1 Å². The molecule has 1 heterocycles. The Kier molecular flexibility index (Phi) is 5.75. The first-order valence-corrected chi connectivity index (χ1v) is 9.69. The maximum atomic E-state index is 13.2. The fourth-order valence-electron chi connectivity index (χ4n) is 2.61. The van der Waals surface area contributed by atoms with E-state index in [9.17, 15) is 12.8 Å². The molecule has 0 N–H and O–H groups in total. The highest BCUT2D eigenvalue weighted by atomic mass is 32.2. The number of sulfonamides is 1. The number of pyridine rings is 1. The lowest BCUT2D eigenvalue weighted by Crippen LogP contribution is -2.33. The molecule has 0 fully saturated rings. The van der Waals surface area contributed by atoms with E-state index in [0.717, 1.165) is 17.7 Å². The number of hydrogen-bond donors (Lipinski definition) is 0. The summed E-state index contributed by atoms with van der Waals surface area (Å²) in [5.41, 5.74) is 1.71. The van der Waals surface area contributed by atoms with Crippen LogP contribution in [-0.4, -0.2) is 24.3 Å². The van der Waals surface area contributed by atoms with E-state index in [4.69, 9.17) is 0 Å². The number of nitrogens with zero attached hydrogens (tertiary/aromatic N) is 2. The minimum atomic E-state index is -3.76. The first-order chi connectivity index (χ1) is 12.6. The SMILES string of the molecule is O=S(=O)(c1ccc(F)cc1)N(CCc1ccccc1)Cc1ccccn1. The molecular weight excluding hydrogens is 351 g/mol. The second kappa shape index (κ2) is 8.21. The summed E-state index contributed by atoms with van der Waals surface area (Å²) in [6, 6.07) is 20.0. The van der Waals surface area contributed by atoms with Crippen molar-refractivity contribution in [2.45, 2.75) is 17.9 Å². The van der Waals surface area contributed by atoms with Gasteiger partial charge in [-0.3, -0.25) is 4.98 Å². The van der Waals surface area contributed by atoms with Crippen LogP contribution in [0.1, 0.15) is 11.3 Å². The van der Waals surface area contributed by atoms with Crippen molar-refractivity contribution < 1.29 is 12.8 Å². The van der Waals surface area contributed by atoms with Crippen LogP contribution in [-0.2, 0) is 23.0 Å². The highest BCUT2D eigenvalue weighted by Gasteiger charge is 2.25. The van der Waals surface area contributed by atoms with E-state index in [-0.39, 0.29) is 11.4 Å². The van der Waals surface area contributed by atoms with Crippen molar-refractivity contribution in [3.63, 3.8) is 0 Å². The van der Waals surface area contributed by atoms with Crippen LogP contribution >= 0.6 is 0 Å². The van der Waals surface area contributed by atoms with Crippen LogP contribution in [0.25, 0.3) is 0 Å². The number of benzene rings is 2. The van der Waals surface area contributed by atoms with Crippen LogP contribution in [0, 0.1) is 5.82 Å². The van der Waals surface area contributed by atoms with Gasteiger partial charge in [-0.15, -0.1) is 0 Å². The standard InChI is InChI=1S/C20H19FN2O2S/c21-18-9-11-20(12-10-18)26(24,25)23(16-19-8-4-5-14-22-19)15-13-17-6-2-1-3-7-17/h1-12,14H,13,15-16H2. The Balaban J connectivity index is 1.87. The van der Waals surface area contributed by atoms with Crippen LogP contribution in [0.4, 0.5) is 4.39 Å². The fourth-order valence-corrected chi connectivity index (χ4v) is 4.02. The molecule has 3 rings (SSSR count). The van der Waals surface area contributed by atoms with Gasteiger partial charge in [0.25, 0.3) is 0 Å². The molecule has 0 spiro atoms. The van der Waals surface area contributed by atoms with Gasteiger partial charge >= 0.3 is 0 Å². The maximum Gasteiger partial charge on any atom is 0.243 e.